The van der Waals surface area contributed by atoms with Gasteiger partial charge in [0.05, 0.1) is 28.4 Å². The third kappa shape index (κ3) is 4.50. The predicted molar refractivity (Wildman–Crippen MR) is 106 cm³/mol. The fourth-order valence-corrected chi connectivity index (χ4v) is 5.30. The number of nitro groups is 1. The second-order valence-corrected chi connectivity index (χ2v) is 12.0. The number of rotatable bonds is 7. The van der Waals surface area contributed by atoms with Crippen LogP contribution in [0.25, 0.3) is 0 Å². The minimum atomic E-state index is -1.51. The van der Waals surface area contributed by atoms with E-state index in [1.807, 2.05) is 0 Å². The van der Waals surface area contributed by atoms with Crippen molar-refractivity contribution in [2.24, 2.45) is 5.41 Å². The van der Waals surface area contributed by atoms with Crippen molar-refractivity contribution in [3.8, 4) is 6.07 Å². The van der Waals surface area contributed by atoms with Gasteiger partial charge >= 0.3 is 0 Å². The van der Waals surface area contributed by atoms with E-state index in [0.717, 1.165) is 18.9 Å². The molecule has 0 bridgehead atoms. The molecule has 1 fully saturated rings. The number of hydrogen-bond acceptors (Lipinski definition) is 6. The van der Waals surface area contributed by atoms with Crippen molar-refractivity contribution in [2.75, 3.05) is 5.75 Å². The van der Waals surface area contributed by atoms with Gasteiger partial charge in [0.1, 0.15) is 15.3 Å². The summed E-state index contributed by atoms with van der Waals surface area (Å²) in [5.74, 6) is -0.179. The molecule has 2 aliphatic carbocycles. The van der Waals surface area contributed by atoms with Crippen LogP contribution in [0.2, 0.25) is 0 Å². The van der Waals surface area contributed by atoms with Crippen LogP contribution in [-0.2, 0) is 11.4 Å². The molecule has 2 rings (SSSR count). The Morgan fingerprint density at radius 2 is 2.00 bits per heavy atom. The topological polar surface area (TPSA) is 102 Å². The third-order valence-electron chi connectivity index (χ3n) is 5.36. The maximum absolute atomic E-state index is 15.0. The highest BCUT2D eigenvalue weighted by atomic mass is 32.2. The first-order valence-electron chi connectivity index (χ1n) is 8.75. The van der Waals surface area contributed by atoms with E-state index in [2.05, 4.69) is 10.8 Å². The number of nitrogens with one attached hydrogen (secondary N) is 1. The van der Waals surface area contributed by atoms with Gasteiger partial charge in [-0.05, 0) is 46.6 Å². The summed E-state index contributed by atoms with van der Waals surface area (Å²) in [6.07, 6.45) is 3.73. The van der Waals surface area contributed by atoms with Crippen LogP contribution in [0.3, 0.4) is 0 Å². The zero-order valence-electron chi connectivity index (χ0n) is 16.3. The lowest BCUT2D eigenvalue weighted by Gasteiger charge is -2.46. The van der Waals surface area contributed by atoms with Gasteiger partial charge in [0.2, 0.25) is 5.70 Å². The lowest BCUT2D eigenvalue weighted by molar-refractivity contribution is -0.430. The molecule has 2 unspecified atom stereocenters. The first-order valence-corrected chi connectivity index (χ1v) is 10.9. The Morgan fingerprint density at radius 1 is 1.41 bits per heavy atom. The van der Waals surface area contributed by atoms with Crippen LogP contribution in [0, 0.1) is 26.9 Å². The molecule has 0 radical (unpaired) electrons. The molecule has 0 aliphatic heterocycles. The largest absolute Gasteiger partial charge is 0.598 e. The Balaban J connectivity index is 2.38. The Bertz CT molecular complexity index is 724. The van der Waals surface area contributed by atoms with E-state index in [-0.39, 0.29) is 12.1 Å². The van der Waals surface area contributed by atoms with Crippen LogP contribution in [0.1, 0.15) is 53.9 Å². The van der Waals surface area contributed by atoms with Crippen molar-refractivity contribution >= 4 is 23.1 Å². The molecule has 0 aromatic carbocycles. The third-order valence-corrected chi connectivity index (χ3v) is 8.88. The molecular weight excluding hydrogens is 389 g/mol. The summed E-state index contributed by atoms with van der Waals surface area (Å²) in [6.45, 7) is 8.78. The fraction of sp³-hybridized carbons (Fsp3) is 0.722. The summed E-state index contributed by atoms with van der Waals surface area (Å²) in [5.41, 5.74) is -2.40. The number of nitriles is 1. The van der Waals surface area contributed by atoms with Crippen LogP contribution in [0.4, 0.5) is 4.39 Å². The van der Waals surface area contributed by atoms with Gasteiger partial charge in [-0.2, -0.15) is 5.26 Å². The van der Waals surface area contributed by atoms with Crippen LogP contribution >= 0.6 is 11.8 Å². The van der Waals surface area contributed by atoms with Gasteiger partial charge in [0, 0.05) is 23.2 Å². The first kappa shape index (κ1) is 22.2. The Kier molecular flexibility index (Phi) is 6.08. The SMILES string of the molecule is CC(C)(C)[S+]([O-])N[C@@](C)(CSC1(C#N)CC1)C1(C)CC([N+](=O)[O-])=CC=C1F. The molecule has 27 heavy (non-hydrogen) atoms. The zero-order valence-corrected chi connectivity index (χ0v) is 17.9. The molecule has 0 amide bonds. The Labute approximate surface area is 167 Å². The van der Waals surface area contributed by atoms with E-state index in [0.29, 0.717) is 5.75 Å². The van der Waals surface area contributed by atoms with Crippen molar-refractivity contribution in [3.05, 3.63) is 33.8 Å². The van der Waals surface area contributed by atoms with Gasteiger partial charge in [0.15, 0.2) is 0 Å². The molecule has 0 spiro atoms. The lowest BCUT2D eigenvalue weighted by atomic mass is 9.67. The van der Waals surface area contributed by atoms with Crippen molar-refractivity contribution in [3.63, 3.8) is 0 Å². The molecular formula is C18H26FN3O3S2. The second-order valence-electron chi connectivity index (χ2n) is 8.65. The van der Waals surface area contributed by atoms with E-state index >= 15 is 4.39 Å². The maximum Gasteiger partial charge on any atom is 0.247 e. The quantitative estimate of drug-likeness (QED) is 0.383. The van der Waals surface area contributed by atoms with Gasteiger partial charge in [-0.1, -0.05) is 6.92 Å². The van der Waals surface area contributed by atoms with E-state index in [9.17, 15) is 19.9 Å². The minimum Gasteiger partial charge on any atom is -0.598 e. The van der Waals surface area contributed by atoms with Gasteiger partial charge < -0.3 is 4.55 Å². The number of nitrogens with zero attached hydrogens (tertiary/aromatic N) is 2. The molecule has 9 heteroatoms. The zero-order chi connectivity index (χ0) is 20.7. The molecule has 0 aromatic heterocycles. The predicted octanol–water partition coefficient (Wildman–Crippen LogP) is 4.01. The monoisotopic (exact) mass is 415 g/mol. The second kappa shape index (κ2) is 7.39. The number of hydrogen-bond donors (Lipinski definition) is 1. The molecule has 1 N–H and O–H groups in total. The maximum atomic E-state index is 15.0. The molecule has 3 atom stereocenters. The molecule has 150 valence electrons. The summed E-state index contributed by atoms with van der Waals surface area (Å²) in [4.78, 5) is 10.8. The summed E-state index contributed by atoms with van der Waals surface area (Å²) < 4.78 is 29.8. The molecule has 2 aliphatic rings. The molecule has 1 saturated carbocycles. The minimum absolute atomic E-state index is 0.0834. The smallest absolute Gasteiger partial charge is 0.247 e. The summed E-state index contributed by atoms with van der Waals surface area (Å²) in [6, 6.07) is 2.29. The normalized spacial score (nSPS) is 27.6. The average molecular weight is 416 g/mol. The highest BCUT2D eigenvalue weighted by Crippen LogP contribution is 2.53. The average Bonchev–Trinajstić information content (AvgIpc) is 3.35. The number of allylic oxidation sites excluding steroid dienone is 3. The Hall–Kier alpha value is -1.08. The van der Waals surface area contributed by atoms with E-state index in [1.165, 1.54) is 17.8 Å². The summed E-state index contributed by atoms with van der Waals surface area (Å²) in [7, 11) is 0. The number of halogens is 1. The van der Waals surface area contributed by atoms with Crippen molar-refractivity contribution in [1.29, 1.82) is 5.26 Å². The molecule has 6 nitrogen and oxygen atoms in total. The van der Waals surface area contributed by atoms with Crippen molar-refractivity contribution in [2.45, 2.75) is 68.9 Å². The molecule has 0 saturated heterocycles. The standard InChI is InChI=1S/C18H26FN3O3S2/c1-15(2,3)27(25)21-17(5,12-26-18(11-20)8-9-18)16(4)10-13(22(23)24)6-7-14(16)19/h6-7,21H,8-10,12H2,1-5H3/t16?,17-,27?/m0/s1. The van der Waals surface area contributed by atoms with Crippen LogP contribution in [0.5, 0.6) is 0 Å². The van der Waals surface area contributed by atoms with Crippen molar-refractivity contribution < 1.29 is 13.9 Å². The number of thioether (sulfide) groups is 1. The fourth-order valence-electron chi connectivity index (χ4n) is 2.79. The highest BCUT2D eigenvalue weighted by molar-refractivity contribution is 8.01. The summed E-state index contributed by atoms with van der Waals surface area (Å²) >= 11 is -0.0985. The summed E-state index contributed by atoms with van der Waals surface area (Å²) in [5, 5.41) is 20.7. The van der Waals surface area contributed by atoms with E-state index < -0.39 is 42.6 Å². The molecule has 0 heterocycles. The first-order chi connectivity index (χ1) is 12.3. The molecule has 0 aromatic rings. The van der Waals surface area contributed by atoms with Gasteiger partial charge in [-0.25, -0.2) is 4.39 Å². The van der Waals surface area contributed by atoms with Gasteiger partial charge in [-0.3, -0.25) is 10.1 Å². The van der Waals surface area contributed by atoms with Crippen LogP contribution in [-0.4, -0.2) is 30.3 Å². The van der Waals surface area contributed by atoms with Crippen LogP contribution < -0.4 is 4.72 Å². The lowest BCUT2D eigenvalue weighted by Crippen LogP contribution is -2.62. The van der Waals surface area contributed by atoms with Crippen molar-refractivity contribution in [1.82, 2.24) is 4.72 Å². The van der Waals surface area contributed by atoms with Gasteiger partial charge in [-0.15, -0.1) is 16.5 Å². The van der Waals surface area contributed by atoms with E-state index in [4.69, 9.17) is 0 Å². The van der Waals surface area contributed by atoms with E-state index in [1.54, 1.807) is 34.6 Å². The Morgan fingerprint density at radius 3 is 2.44 bits per heavy atom. The van der Waals surface area contributed by atoms with Crippen LogP contribution in [0.15, 0.2) is 23.7 Å². The van der Waals surface area contributed by atoms with Gasteiger partial charge in [0.25, 0.3) is 0 Å². The highest BCUT2D eigenvalue weighted by Gasteiger charge is 2.56.